The van der Waals surface area contributed by atoms with Gasteiger partial charge in [0, 0.05) is 131 Å². The van der Waals surface area contributed by atoms with Gasteiger partial charge in [0.1, 0.15) is 5.82 Å². The fraction of sp³-hybridized carbons (Fsp3) is 0.540. The molecule has 4 aliphatic heterocycles. The van der Waals surface area contributed by atoms with Gasteiger partial charge in [0.2, 0.25) is 0 Å². The third kappa shape index (κ3) is 12.5. The first-order valence-corrected chi connectivity index (χ1v) is 24.2. The van der Waals surface area contributed by atoms with Crippen molar-refractivity contribution >= 4 is 41.0 Å². The number of hydrazine groups is 1. The Kier molecular flexibility index (Phi) is 17.8. The first-order valence-electron chi connectivity index (χ1n) is 23.4. The molecule has 0 saturated carbocycles. The summed E-state index contributed by atoms with van der Waals surface area (Å²) in [5.41, 5.74) is 10.5. The Morgan fingerprint density at radius 2 is 1.83 bits per heavy atom. The average molecular weight is 900 g/mol. The minimum Gasteiger partial charge on any atom is -0.388 e. The van der Waals surface area contributed by atoms with Crippen molar-refractivity contribution < 1.29 is 8.78 Å². The molecule has 3 fully saturated rings. The highest BCUT2D eigenvalue weighted by molar-refractivity contribution is 7.98. The number of halogens is 2. The van der Waals surface area contributed by atoms with E-state index in [4.69, 9.17) is 10.8 Å². The lowest BCUT2D eigenvalue weighted by Gasteiger charge is -2.43. The highest BCUT2D eigenvalue weighted by atomic mass is 32.2. The monoisotopic (exact) mass is 900 g/mol. The predicted octanol–water partition coefficient (Wildman–Crippen LogP) is 8.89. The molecule has 350 valence electrons. The number of piperidine rings is 1. The molecule has 0 amide bonds. The number of anilines is 3. The van der Waals surface area contributed by atoms with Crippen molar-refractivity contribution in [3.63, 3.8) is 0 Å². The second kappa shape index (κ2) is 23.2. The molecule has 5 unspecified atom stereocenters. The van der Waals surface area contributed by atoms with Crippen LogP contribution in [0.15, 0.2) is 95.9 Å². The Bertz CT molecular complexity index is 2000. The predicted molar refractivity (Wildman–Crippen MR) is 267 cm³/mol. The fourth-order valence-electron chi connectivity index (χ4n) is 9.49. The summed E-state index contributed by atoms with van der Waals surface area (Å²) in [7, 11) is 4.06. The van der Waals surface area contributed by atoms with Gasteiger partial charge < -0.3 is 30.1 Å². The maximum absolute atomic E-state index is 15.8. The lowest BCUT2D eigenvalue weighted by molar-refractivity contribution is 0.0527. The van der Waals surface area contributed by atoms with E-state index in [9.17, 15) is 0 Å². The molecule has 64 heavy (non-hydrogen) atoms. The van der Waals surface area contributed by atoms with Gasteiger partial charge in [-0.2, -0.15) is 0 Å². The zero-order valence-electron chi connectivity index (χ0n) is 39.3. The number of hydrogen-bond acceptors (Lipinski definition) is 12. The summed E-state index contributed by atoms with van der Waals surface area (Å²) in [5.74, 6) is 6.27. The van der Waals surface area contributed by atoms with Crippen LogP contribution in [-0.4, -0.2) is 111 Å². The number of allylic oxidation sites excluding steroid dienone is 5. The van der Waals surface area contributed by atoms with Gasteiger partial charge in [0.15, 0.2) is 12.1 Å². The van der Waals surface area contributed by atoms with E-state index in [-0.39, 0.29) is 35.8 Å². The largest absolute Gasteiger partial charge is 0.388 e. The number of nitrogens with zero attached hydrogens (tertiary/aromatic N) is 6. The van der Waals surface area contributed by atoms with Crippen LogP contribution in [-0.2, 0) is 0 Å². The molecule has 2 aromatic rings. The summed E-state index contributed by atoms with van der Waals surface area (Å²) in [6.07, 6.45) is 12.2. The second-order valence-corrected chi connectivity index (χ2v) is 19.3. The van der Waals surface area contributed by atoms with Crippen LogP contribution in [0, 0.1) is 35.3 Å². The number of benzene rings is 2. The number of nitrogens with two attached hydrogens (primary N) is 1. The van der Waals surface area contributed by atoms with Gasteiger partial charge in [-0.1, -0.05) is 65.6 Å². The number of nitrogens with one attached hydrogen (secondary N) is 4. The molecule has 6 N–H and O–H groups in total. The van der Waals surface area contributed by atoms with Gasteiger partial charge in [-0.15, -0.1) is 0 Å². The lowest BCUT2D eigenvalue weighted by Crippen LogP contribution is -2.53. The Balaban J connectivity index is 0.969. The number of piperazine rings is 1. The van der Waals surface area contributed by atoms with Crippen LogP contribution >= 0.6 is 12.1 Å². The topological polar surface area (TPSA) is 103 Å². The van der Waals surface area contributed by atoms with E-state index >= 15 is 8.78 Å². The Hall–Kier alpha value is -4.34. The van der Waals surface area contributed by atoms with Crippen molar-refractivity contribution in [1.82, 2.24) is 29.7 Å². The van der Waals surface area contributed by atoms with Crippen LogP contribution in [0.25, 0.3) is 5.57 Å². The summed E-state index contributed by atoms with van der Waals surface area (Å²) in [5, 5.41) is 6.99. The summed E-state index contributed by atoms with van der Waals surface area (Å²) < 4.78 is 36.4. The third-order valence-electron chi connectivity index (χ3n) is 13.8. The molecule has 5 atom stereocenters. The normalized spacial score (nSPS) is 22.5. The Morgan fingerprint density at radius 3 is 2.50 bits per heavy atom. The smallest absolute Gasteiger partial charge is 0.178 e. The van der Waals surface area contributed by atoms with Crippen molar-refractivity contribution in [1.29, 1.82) is 0 Å². The van der Waals surface area contributed by atoms with Crippen molar-refractivity contribution in [2.24, 2.45) is 34.5 Å². The molecule has 3 saturated heterocycles. The fourth-order valence-corrected chi connectivity index (χ4v) is 10.0. The molecule has 0 spiro atoms. The van der Waals surface area contributed by atoms with Crippen LogP contribution in [0.1, 0.15) is 71.8 Å². The van der Waals surface area contributed by atoms with E-state index in [0.717, 1.165) is 108 Å². The maximum atomic E-state index is 15.8. The molecule has 14 heteroatoms. The van der Waals surface area contributed by atoms with Gasteiger partial charge in [0.05, 0.1) is 11.4 Å². The van der Waals surface area contributed by atoms with Crippen LogP contribution < -0.4 is 31.5 Å². The zero-order chi connectivity index (χ0) is 45.9. The minimum atomic E-state index is -0.315. The van der Waals surface area contributed by atoms with Crippen LogP contribution in [0.3, 0.4) is 0 Å². The van der Waals surface area contributed by atoms with Crippen LogP contribution in [0.5, 0.6) is 0 Å². The highest BCUT2D eigenvalue weighted by Gasteiger charge is 2.30. The SMILES string of the molecule is C=C1CCC(Nc2ccc(N3CCC(CC(=C)N4CCN(C5N=CC(/C(=C/C(C)C(CNN)C(=C)c6cccc(NSN(C)CC)c6F)CC)=CN5C)CC4)CC3)c(F)c2)C(C)CN1. The van der Waals surface area contributed by atoms with Gasteiger partial charge in [-0.05, 0) is 98.7 Å². The van der Waals surface area contributed by atoms with Crippen molar-refractivity contribution in [2.75, 3.05) is 87.9 Å². The number of aliphatic imine (C=N–C) groups is 1. The molecular weight excluding hydrogens is 825 g/mol. The van der Waals surface area contributed by atoms with E-state index in [1.165, 1.54) is 23.4 Å². The standard InChI is InChI=1S/C50H75F2N11S/c1-10-40(27-34(3)44(32-56-53)38(7)43-13-12-14-47(49(43)52)58-64-60(9)11-2)41-31-55-50(59(8)33-41)63-25-23-61(24-26-63)37(6)28-39-19-21-62(22-20-39)48-18-16-42(29-45(48)51)57-46-17-15-36(5)54-30-35(46)4/h12-14,16,18,27,29,31,33-35,39,44,46,50,54,56-58H,5-7,10-11,15,17,19-26,28,30,32,53H2,1-4,8-9H3/b40-27+. The average Bonchev–Trinajstić information content (AvgIpc) is 3.45. The molecule has 0 bridgehead atoms. The summed E-state index contributed by atoms with van der Waals surface area (Å²) in [4.78, 5) is 14.4. The lowest BCUT2D eigenvalue weighted by atomic mass is 9.82. The third-order valence-corrected chi connectivity index (χ3v) is 14.7. The number of hydrogen-bond donors (Lipinski definition) is 5. The van der Waals surface area contributed by atoms with Crippen LogP contribution in [0.4, 0.5) is 25.8 Å². The maximum Gasteiger partial charge on any atom is 0.178 e. The van der Waals surface area contributed by atoms with E-state index in [1.54, 1.807) is 18.2 Å². The molecule has 0 radical (unpaired) electrons. The molecule has 0 aromatic heterocycles. The minimum absolute atomic E-state index is 0.0179. The second-order valence-electron chi connectivity index (χ2n) is 18.3. The van der Waals surface area contributed by atoms with Crippen molar-refractivity contribution in [3.8, 4) is 0 Å². The van der Waals surface area contributed by atoms with Crippen LogP contribution in [0.2, 0.25) is 0 Å². The van der Waals surface area contributed by atoms with Crippen molar-refractivity contribution in [2.45, 2.75) is 78.6 Å². The first kappa shape index (κ1) is 49.1. The zero-order valence-corrected chi connectivity index (χ0v) is 40.1. The van der Waals surface area contributed by atoms with Gasteiger partial charge in [0.25, 0.3) is 0 Å². The molecule has 4 aliphatic rings. The molecule has 4 heterocycles. The van der Waals surface area contributed by atoms with Gasteiger partial charge >= 0.3 is 0 Å². The van der Waals surface area contributed by atoms with E-state index < -0.39 is 0 Å². The van der Waals surface area contributed by atoms with Crippen molar-refractivity contribution in [3.05, 3.63) is 108 Å². The Labute approximate surface area is 387 Å². The molecule has 6 rings (SSSR count). The highest BCUT2D eigenvalue weighted by Crippen LogP contribution is 2.36. The Morgan fingerprint density at radius 1 is 1.08 bits per heavy atom. The molecular formula is C50H75F2N11S. The van der Waals surface area contributed by atoms with E-state index in [1.807, 2.05) is 42.7 Å². The molecule has 0 aliphatic carbocycles. The number of rotatable bonds is 19. The van der Waals surface area contributed by atoms with E-state index in [2.05, 4.69) is 100 Å². The summed E-state index contributed by atoms with van der Waals surface area (Å²) in [6, 6.07) is 11.3. The quantitative estimate of drug-likeness (QED) is 0.0531. The van der Waals surface area contributed by atoms with Gasteiger partial charge in [-0.25, -0.2) is 13.1 Å². The first-order chi connectivity index (χ1) is 30.8. The molecule has 11 nitrogen and oxygen atoms in total. The van der Waals surface area contributed by atoms with Gasteiger partial charge in [-0.3, -0.25) is 21.2 Å². The van der Waals surface area contributed by atoms with E-state index in [0.29, 0.717) is 40.9 Å². The summed E-state index contributed by atoms with van der Waals surface area (Å²) in [6.45, 7) is 29.1. The molecule has 2 aromatic carbocycles. The summed E-state index contributed by atoms with van der Waals surface area (Å²) >= 11 is 1.36.